The first-order valence-corrected chi connectivity index (χ1v) is 7.73. The van der Waals surface area contributed by atoms with E-state index in [0.717, 1.165) is 12.8 Å². The Bertz CT molecular complexity index is 316. The molecule has 19 heavy (non-hydrogen) atoms. The zero-order valence-corrected chi connectivity index (χ0v) is 13.4. The smallest absolute Gasteiger partial charge is 0.104 e. The Balaban J connectivity index is 2.28. The molecule has 1 unspecified atom stereocenters. The first kappa shape index (κ1) is 16.5. The van der Waals surface area contributed by atoms with Gasteiger partial charge in [-0.3, -0.25) is 10.2 Å². The second kappa shape index (κ2) is 6.72. The standard InChI is InChI=1S/C16H31N3/c1-14(2)18-16(5,13-17)10-6-7-11-19-12-8-9-15(19,3)4/h14,18H,6-12H2,1-5H3. The monoisotopic (exact) mass is 265 g/mol. The van der Waals surface area contributed by atoms with Gasteiger partial charge in [-0.05, 0) is 79.8 Å². The Kier molecular flexibility index (Phi) is 5.82. The summed E-state index contributed by atoms with van der Waals surface area (Å²) in [6.45, 7) is 13.3. The molecule has 1 aliphatic rings. The van der Waals surface area contributed by atoms with Crippen molar-refractivity contribution in [3.63, 3.8) is 0 Å². The summed E-state index contributed by atoms with van der Waals surface area (Å²) in [6.07, 6.45) is 5.91. The molecule has 0 aromatic carbocycles. The maximum atomic E-state index is 9.31. The lowest BCUT2D eigenvalue weighted by Crippen LogP contribution is -2.45. The second-order valence-electron chi connectivity index (χ2n) is 7.10. The zero-order valence-electron chi connectivity index (χ0n) is 13.4. The van der Waals surface area contributed by atoms with E-state index in [4.69, 9.17) is 0 Å². The van der Waals surface area contributed by atoms with Crippen LogP contribution in [0.25, 0.3) is 0 Å². The maximum Gasteiger partial charge on any atom is 0.104 e. The van der Waals surface area contributed by atoms with Gasteiger partial charge in [0.15, 0.2) is 0 Å². The van der Waals surface area contributed by atoms with Crippen molar-refractivity contribution >= 4 is 0 Å². The highest BCUT2D eigenvalue weighted by Crippen LogP contribution is 2.28. The van der Waals surface area contributed by atoms with Gasteiger partial charge in [-0.25, -0.2) is 0 Å². The molecule has 1 fully saturated rings. The van der Waals surface area contributed by atoms with Crippen LogP contribution in [0.3, 0.4) is 0 Å². The number of likely N-dealkylation sites (tertiary alicyclic amines) is 1. The van der Waals surface area contributed by atoms with E-state index in [1.807, 2.05) is 6.92 Å². The van der Waals surface area contributed by atoms with Gasteiger partial charge in [0.05, 0.1) is 6.07 Å². The molecule has 0 aromatic heterocycles. The maximum absolute atomic E-state index is 9.31. The summed E-state index contributed by atoms with van der Waals surface area (Å²) < 4.78 is 0. The summed E-state index contributed by atoms with van der Waals surface area (Å²) >= 11 is 0. The summed E-state index contributed by atoms with van der Waals surface area (Å²) in [7, 11) is 0. The zero-order chi connectivity index (χ0) is 14.5. The number of unbranched alkanes of at least 4 members (excludes halogenated alkanes) is 1. The molecule has 0 radical (unpaired) electrons. The van der Waals surface area contributed by atoms with Crippen molar-refractivity contribution < 1.29 is 0 Å². The molecule has 1 aliphatic heterocycles. The predicted molar refractivity (Wildman–Crippen MR) is 81.0 cm³/mol. The molecule has 0 spiro atoms. The minimum absolute atomic E-state index is 0.363. The normalized spacial score (nSPS) is 22.4. The molecule has 0 aromatic rings. The first-order chi connectivity index (χ1) is 8.79. The fourth-order valence-corrected chi connectivity index (χ4v) is 3.16. The average molecular weight is 265 g/mol. The Morgan fingerprint density at radius 1 is 1.37 bits per heavy atom. The molecular formula is C16H31N3. The highest BCUT2D eigenvalue weighted by molar-refractivity contribution is 5.04. The van der Waals surface area contributed by atoms with Crippen LogP contribution in [-0.4, -0.2) is 35.1 Å². The molecule has 110 valence electrons. The molecule has 1 heterocycles. The molecule has 0 aliphatic carbocycles. The van der Waals surface area contributed by atoms with Crippen molar-refractivity contribution in [1.82, 2.24) is 10.2 Å². The summed E-state index contributed by atoms with van der Waals surface area (Å²) in [5, 5.41) is 12.7. The fraction of sp³-hybridized carbons (Fsp3) is 0.938. The van der Waals surface area contributed by atoms with Crippen molar-refractivity contribution in [2.45, 2.75) is 83.8 Å². The van der Waals surface area contributed by atoms with E-state index in [1.54, 1.807) is 0 Å². The summed E-state index contributed by atoms with van der Waals surface area (Å²) in [4.78, 5) is 2.60. The molecule has 1 N–H and O–H groups in total. The van der Waals surface area contributed by atoms with Crippen LogP contribution in [-0.2, 0) is 0 Å². The molecule has 3 nitrogen and oxygen atoms in total. The predicted octanol–water partition coefficient (Wildman–Crippen LogP) is 3.31. The van der Waals surface area contributed by atoms with E-state index in [2.05, 4.69) is 44.0 Å². The molecule has 0 bridgehead atoms. The van der Waals surface area contributed by atoms with Crippen molar-refractivity contribution in [3.05, 3.63) is 0 Å². The minimum atomic E-state index is -0.366. The number of hydrogen-bond donors (Lipinski definition) is 1. The van der Waals surface area contributed by atoms with Gasteiger partial charge < -0.3 is 0 Å². The van der Waals surface area contributed by atoms with Crippen molar-refractivity contribution in [3.8, 4) is 6.07 Å². The molecule has 1 saturated heterocycles. The molecule has 3 heteroatoms. The second-order valence-corrected chi connectivity index (χ2v) is 7.10. The van der Waals surface area contributed by atoms with Crippen LogP contribution in [0, 0.1) is 11.3 Å². The van der Waals surface area contributed by atoms with Gasteiger partial charge >= 0.3 is 0 Å². The van der Waals surface area contributed by atoms with E-state index in [9.17, 15) is 5.26 Å². The molecule has 0 amide bonds. The van der Waals surface area contributed by atoms with Gasteiger partial charge in [-0.15, -0.1) is 0 Å². The van der Waals surface area contributed by atoms with Crippen LogP contribution in [0.1, 0.15) is 66.7 Å². The number of nitrogens with zero attached hydrogens (tertiary/aromatic N) is 2. The molecule has 1 atom stereocenters. The third kappa shape index (κ3) is 5.12. The van der Waals surface area contributed by atoms with Crippen molar-refractivity contribution in [2.75, 3.05) is 13.1 Å². The van der Waals surface area contributed by atoms with Crippen LogP contribution in [0.15, 0.2) is 0 Å². The summed E-state index contributed by atoms with van der Waals surface area (Å²) in [5.74, 6) is 0. The number of nitriles is 1. The Morgan fingerprint density at radius 3 is 2.53 bits per heavy atom. The lowest BCUT2D eigenvalue weighted by Gasteiger charge is -2.32. The van der Waals surface area contributed by atoms with Crippen LogP contribution in [0.5, 0.6) is 0 Å². The van der Waals surface area contributed by atoms with E-state index in [0.29, 0.717) is 11.6 Å². The van der Waals surface area contributed by atoms with Crippen molar-refractivity contribution in [2.24, 2.45) is 0 Å². The molecule has 1 rings (SSSR count). The lowest BCUT2D eigenvalue weighted by molar-refractivity contribution is 0.170. The highest BCUT2D eigenvalue weighted by atomic mass is 15.2. The van der Waals surface area contributed by atoms with Gasteiger partial charge in [0, 0.05) is 11.6 Å². The number of hydrogen-bond acceptors (Lipinski definition) is 3. The lowest BCUT2D eigenvalue weighted by atomic mass is 9.95. The third-order valence-electron chi connectivity index (χ3n) is 4.28. The van der Waals surface area contributed by atoms with Gasteiger partial charge in [0.2, 0.25) is 0 Å². The van der Waals surface area contributed by atoms with Gasteiger partial charge in [-0.2, -0.15) is 5.26 Å². The average Bonchev–Trinajstić information content (AvgIpc) is 2.63. The van der Waals surface area contributed by atoms with Gasteiger partial charge in [-0.1, -0.05) is 0 Å². The Hall–Kier alpha value is -0.590. The molecule has 0 saturated carbocycles. The van der Waals surface area contributed by atoms with E-state index < -0.39 is 0 Å². The summed E-state index contributed by atoms with van der Waals surface area (Å²) in [6, 6.07) is 2.79. The SMILES string of the molecule is CC(C)NC(C)(C#N)CCCCN1CCCC1(C)C. The quantitative estimate of drug-likeness (QED) is 0.718. The first-order valence-electron chi connectivity index (χ1n) is 7.73. The summed E-state index contributed by atoms with van der Waals surface area (Å²) in [5.41, 5.74) is 0.0173. The van der Waals surface area contributed by atoms with Crippen LogP contribution < -0.4 is 5.32 Å². The van der Waals surface area contributed by atoms with Gasteiger partial charge in [0.25, 0.3) is 0 Å². The van der Waals surface area contributed by atoms with E-state index in [-0.39, 0.29) is 5.54 Å². The van der Waals surface area contributed by atoms with Crippen LogP contribution in [0.2, 0.25) is 0 Å². The van der Waals surface area contributed by atoms with Crippen molar-refractivity contribution in [1.29, 1.82) is 5.26 Å². The Morgan fingerprint density at radius 2 is 2.05 bits per heavy atom. The highest BCUT2D eigenvalue weighted by Gasteiger charge is 2.31. The number of nitrogens with one attached hydrogen (secondary N) is 1. The van der Waals surface area contributed by atoms with E-state index >= 15 is 0 Å². The van der Waals surface area contributed by atoms with E-state index in [1.165, 1.54) is 32.4 Å². The number of rotatable bonds is 7. The minimum Gasteiger partial charge on any atom is -0.298 e. The largest absolute Gasteiger partial charge is 0.298 e. The van der Waals surface area contributed by atoms with Crippen LogP contribution in [0.4, 0.5) is 0 Å². The van der Waals surface area contributed by atoms with Gasteiger partial charge in [0.1, 0.15) is 5.54 Å². The Labute approximate surface area is 119 Å². The van der Waals surface area contributed by atoms with Crippen LogP contribution >= 0.6 is 0 Å². The topological polar surface area (TPSA) is 39.1 Å². The molecular weight excluding hydrogens is 234 g/mol. The third-order valence-corrected chi connectivity index (χ3v) is 4.28. The fourth-order valence-electron chi connectivity index (χ4n) is 3.16.